The Balaban J connectivity index is 1.71. The third-order valence-electron chi connectivity index (χ3n) is 8.73. The van der Waals surface area contributed by atoms with Crippen LogP contribution in [0.25, 0.3) is 0 Å². The van der Waals surface area contributed by atoms with Crippen LogP contribution in [0.2, 0.25) is 0 Å². The number of carboxylic acid groups (broad SMARTS) is 1. The second-order valence-electron chi connectivity index (χ2n) is 11.3. The Hall–Kier alpha value is -1.47. The van der Waals surface area contributed by atoms with Crippen molar-refractivity contribution in [2.75, 3.05) is 0 Å². The number of fused-ring (bicyclic) bond motifs is 1. The van der Waals surface area contributed by atoms with Gasteiger partial charge in [0.15, 0.2) is 5.60 Å². The van der Waals surface area contributed by atoms with Crippen LogP contribution in [0.4, 0.5) is 0 Å². The van der Waals surface area contributed by atoms with Crippen LogP contribution in [0.1, 0.15) is 78.6 Å². The fourth-order valence-electron chi connectivity index (χ4n) is 6.90. The van der Waals surface area contributed by atoms with Crippen molar-refractivity contribution in [3.63, 3.8) is 0 Å². The molecule has 3 aliphatic carbocycles. The summed E-state index contributed by atoms with van der Waals surface area (Å²) in [5.41, 5.74) is 1.26. The molecule has 0 radical (unpaired) electrons. The number of carbonyl (C=O) groups is 1. The molecule has 0 amide bonds. The van der Waals surface area contributed by atoms with Gasteiger partial charge in [-0.25, -0.2) is 4.79 Å². The lowest BCUT2D eigenvalue weighted by atomic mass is 9.60. The molecular weight excluding hydrogens is 420 g/mol. The topological polar surface area (TPSA) is 118 Å². The highest BCUT2D eigenvalue weighted by molar-refractivity contribution is 5.76. The molecule has 0 spiro atoms. The van der Waals surface area contributed by atoms with Crippen molar-refractivity contribution in [1.29, 1.82) is 0 Å². The summed E-state index contributed by atoms with van der Waals surface area (Å²) in [4.78, 5) is 11.2. The van der Waals surface area contributed by atoms with Gasteiger partial charge < -0.3 is 25.5 Å². The predicted molar refractivity (Wildman–Crippen MR) is 127 cm³/mol. The van der Waals surface area contributed by atoms with Crippen molar-refractivity contribution in [1.82, 2.24) is 0 Å². The summed E-state index contributed by atoms with van der Waals surface area (Å²) in [6.45, 7) is 9.76. The van der Waals surface area contributed by atoms with E-state index in [2.05, 4.69) is 26.5 Å². The number of aliphatic hydroxyl groups excluding tert-OH is 3. The Labute approximate surface area is 197 Å². The molecule has 0 heterocycles. The van der Waals surface area contributed by atoms with Crippen molar-refractivity contribution < 1.29 is 30.3 Å². The highest BCUT2D eigenvalue weighted by Gasteiger charge is 2.51. The van der Waals surface area contributed by atoms with Gasteiger partial charge >= 0.3 is 5.97 Å². The lowest BCUT2D eigenvalue weighted by molar-refractivity contribution is -0.160. The molecule has 6 nitrogen and oxygen atoms in total. The summed E-state index contributed by atoms with van der Waals surface area (Å²) in [6.07, 6.45) is 8.81. The molecule has 0 unspecified atom stereocenters. The molecule has 0 saturated heterocycles. The summed E-state index contributed by atoms with van der Waals surface area (Å²) in [7, 11) is 0. The highest BCUT2D eigenvalue weighted by atomic mass is 16.4. The number of aliphatic carboxylic acids is 1. The fraction of sp³-hybridized carbons (Fsp3) is 0.741. The van der Waals surface area contributed by atoms with Gasteiger partial charge in [0.05, 0.1) is 18.3 Å². The van der Waals surface area contributed by atoms with Gasteiger partial charge in [-0.15, -0.1) is 0 Å². The summed E-state index contributed by atoms with van der Waals surface area (Å²) >= 11 is 0. The average molecular weight is 463 g/mol. The van der Waals surface area contributed by atoms with E-state index in [0.29, 0.717) is 36.7 Å². The van der Waals surface area contributed by atoms with Crippen LogP contribution in [0, 0.1) is 23.2 Å². The normalized spacial score (nSPS) is 38.7. The maximum absolute atomic E-state index is 11.2. The minimum atomic E-state index is -1.92. The smallest absolute Gasteiger partial charge is 0.335 e. The SMILES string of the molecule is C=C1C(=CC=C2CCC[C@]3(C)[C@@H]([C@H](C)C[C@H](O)C[C@@](C)(O)C(=O)O)CC[C@@H]23)C[C@H](O)C[C@H]1O. The van der Waals surface area contributed by atoms with Gasteiger partial charge in [0.2, 0.25) is 0 Å². The Morgan fingerprint density at radius 2 is 2.00 bits per heavy atom. The van der Waals surface area contributed by atoms with E-state index < -0.39 is 29.9 Å². The first-order valence-electron chi connectivity index (χ1n) is 12.4. The summed E-state index contributed by atoms with van der Waals surface area (Å²) < 4.78 is 0. The van der Waals surface area contributed by atoms with Crippen LogP contribution >= 0.6 is 0 Å². The van der Waals surface area contributed by atoms with Crippen molar-refractivity contribution in [2.45, 2.75) is 102 Å². The summed E-state index contributed by atoms with van der Waals surface area (Å²) in [5, 5.41) is 49.8. The molecule has 0 aromatic heterocycles. The zero-order valence-corrected chi connectivity index (χ0v) is 20.3. The molecular formula is C27H42O6. The molecule has 186 valence electrons. The lowest BCUT2D eigenvalue weighted by Crippen LogP contribution is -2.40. The highest BCUT2D eigenvalue weighted by Crippen LogP contribution is 2.60. The second-order valence-corrected chi connectivity index (χ2v) is 11.3. The van der Waals surface area contributed by atoms with Crippen LogP contribution in [0.3, 0.4) is 0 Å². The molecule has 0 aliphatic heterocycles. The number of carboxylic acids is 1. The molecule has 0 bridgehead atoms. The van der Waals surface area contributed by atoms with E-state index in [-0.39, 0.29) is 17.8 Å². The Bertz CT molecular complexity index is 811. The van der Waals surface area contributed by atoms with Crippen LogP contribution in [-0.4, -0.2) is 55.4 Å². The van der Waals surface area contributed by atoms with E-state index in [0.717, 1.165) is 37.7 Å². The second kappa shape index (κ2) is 10.0. The van der Waals surface area contributed by atoms with Gasteiger partial charge in [0.1, 0.15) is 0 Å². The molecule has 8 atom stereocenters. The molecule has 3 rings (SSSR count). The average Bonchev–Trinajstić information content (AvgIpc) is 3.06. The largest absolute Gasteiger partial charge is 0.479 e. The van der Waals surface area contributed by atoms with E-state index in [1.54, 1.807) is 0 Å². The van der Waals surface area contributed by atoms with Crippen molar-refractivity contribution in [3.8, 4) is 0 Å². The molecule has 33 heavy (non-hydrogen) atoms. The molecule has 5 N–H and O–H groups in total. The number of hydrogen-bond acceptors (Lipinski definition) is 5. The van der Waals surface area contributed by atoms with Crippen LogP contribution < -0.4 is 0 Å². The number of aliphatic hydroxyl groups is 4. The van der Waals surface area contributed by atoms with E-state index in [9.17, 15) is 25.2 Å². The Morgan fingerprint density at radius 1 is 1.30 bits per heavy atom. The molecule has 3 fully saturated rings. The molecule has 3 aliphatic rings. The van der Waals surface area contributed by atoms with Crippen LogP contribution in [0.15, 0.2) is 35.5 Å². The zero-order valence-electron chi connectivity index (χ0n) is 20.3. The van der Waals surface area contributed by atoms with Gasteiger partial charge in [-0.2, -0.15) is 0 Å². The van der Waals surface area contributed by atoms with Gasteiger partial charge in [-0.3, -0.25) is 0 Å². The molecule has 0 aromatic carbocycles. The third kappa shape index (κ3) is 5.61. The first kappa shape index (κ1) is 26.1. The van der Waals surface area contributed by atoms with Crippen molar-refractivity contribution >= 4 is 5.97 Å². The number of allylic oxidation sites excluding steroid dienone is 3. The van der Waals surface area contributed by atoms with Gasteiger partial charge in [-0.05, 0) is 86.2 Å². The van der Waals surface area contributed by atoms with Crippen molar-refractivity contribution in [3.05, 3.63) is 35.5 Å². The standard InChI is InChI=1S/C27H42O6/c1-16(12-21(29)15-27(4,33)25(31)32)22-9-10-23-18(6-5-11-26(22,23)3)7-8-19-13-20(28)14-24(30)17(19)2/h7-8,16,20-24,28-30,33H,2,5-6,9-15H2,1,3-4H3,(H,31,32)/t16-,20+,21+,22-,23+,24-,26-,27-/m1/s1. The minimum absolute atomic E-state index is 0.125. The first-order valence-corrected chi connectivity index (χ1v) is 12.4. The maximum atomic E-state index is 11.2. The van der Waals surface area contributed by atoms with E-state index in [1.807, 2.05) is 6.08 Å². The zero-order chi connectivity index (χ0) is 24.6. The van der Waals surface area contributed by atoms with E-state index in [4.69, 9.17) is 5.11 Å². The van der Waals surface area contributed by atoms with Gasteiger partial charge in [0.25, 0.3) is 0 Å². The summed E-state index contributed by atoms with van der Waals surface area (Å²) in [5.74, 6) is -0.197. The Kier molecular flexibility index (Phi) is 7.94. The van der Waals surface area contributed by atoms with E-state index >= 15 is 0 Å². The number of hydrogen-bond donors (Lipinski definition) is 5. The van der Waals surface area contributed by atoms with Gasteiger partial charge in [-0.1, -0.05) is 38.2 Å². The number of rotatable bonds is 7. The van der Waals surface area contributed by atoms with Crippen molar-refractivity contribution in [2.24, 2.45) is 23.2 Å². The molecule has 0 aromatic rings. The van der Waals surface area contributed by atoms with Crippen LogP contribution in [-0.2, 0) is 4.79 Å². The Morgan fingerprint density at radius 3 is 2.67 bits per heavy atom. The lowest BCUT2D eigenvalue weighted by Gasteiger charge is -2.44. The monoisotopic (exact) mass is 462 g/mol. The van der Waals surface area contributed by atoms with Gasteiger partial charge in [0, 0.05) is 12.8 Å². The predicted octanol–water partition coefficient (Wildman–Crippen LogP) is 3.74. The van der Waals surface area contributed by atoms with E-state index in [1.165, 1.54) is 12.5 Å². The first-order chi connectivity index (χ1) is 15.3. The third-order valence-corrected chi connectivity index (χ3v) is 8.73. The maximum Gasteiger partial charge on any atom is 0.335 e. The summed E-state index contributed by atoms with van der Waals surface area (Å²) in [6, 6.07) is 0. The minimum Gasteiger partial charge on any atom is -0.479 e. The fourth-order valence-corrected chi connectivity index (χ4v) is 6.90. The quantitative estimate of drug-likeness (QED) is 0.393. The molecule has 6 heteroatoms. The van der Waals surface area contributed by atoms with Crippen LogP contribution in [0.5, 0.6) is 0 Å². The molecule has 3 saturated carbocycles.